The first-order chi connectivity index (χ1) is 14.1. The van der Waals surface area contributed by atoms with Crippen molar-refractivity contribution in [3.05, 3.63) is 59.0 Å². The molecule has 0 radical (unpaired) electrons. The van der Waals surface area contributed by atoms with Gasteiger partial charge < -0.3 is 20.2 Å². The molecule has 1 unspecified atom stereocenters. The summed E-state index contributed by atoms with van der Waals surface area (Å²) in [7, 11) is -3.44. The maximum atomic E-state index is 12.2. The van der Waals surface area contributed by atoms with Gasteiger partial charge >= 0.3 is 0 Å². The monoisotopic (exact) mass is 564 g/mol. The molecule has 0 saturated carbocycles. The van der Waals surface area contributed by atoms with E-state index in [9.17, 15) is 13.5 Å². The van der Waals surface area contributed by atoms with Crippen LogP contribution < -0.4 is 15.4 Å². The Balaban J connectivity index is 0.00000480. The number of hydrogen-bond acceptors (Lipinski definition) is 5. The predicted octanol–water partition coefficient (Wildman–Crippen LogP) is 2.40. The molecule has 174 valence electrons. The summed E-state index contributed by atoms with van der Waals surface area (Å²) in [5.41, 5.74) is 0.385. The minimum Gasteiger partial charge on any atom is -0.466 e. The number of nitrogens with zero attached hydrogens (tertiary/aromatic N) is 1. The fourth-order valence-corrected chi connectivity index (χ4v) is 3.89. The number of aliphatic imine (C=N–C) groups is 1. The summed E-state index contributed by atoms with van der Waals surface area (Å²) in [5, 5.41) is 16.9. The summed E-state index contributed by atoms with van der Waals surface area (Å²) in [6, 6.07) is 11.2. The normalized spacial score (nSPS) is 13.9. The van der Waals surface area contributed by atoms with Crippen LogP contribution in [0.2, 0.25) is 0 Å². The Hall–Kier alpha value is -1.63. The largest absolute Gasteiger partial charge is 0.466 e. The third kappa shape index (κ3) is 9.17. The number of hydrogen-bond donors (Lipinski definition) is 4. The Labute approximate surface area is 202 Å². The number of rotatable bonds is 10. The van der Waals surface area contributed by atoms with Gasteiger partial charge in [0, 0.05) is 25.2 Å². The van der Waals surface area contributed by atoms with Crippen molar-refractivity contribution in [3.8, 4) is 0 Å². The van der Waals surface area contributed by atoms with Crippen LogP contribution in [0, 0.1) is 13.8 Å². The van der Waals surface area contributed by atoms with Gasteiger partial charge in [0.05, 0.1) is 12.3 Å². The molecule has 0 spiro atoms. The molecule has 4 N–H and O–H groups in total. The Morgan fingerprint density at radius 3 is 2.45 bits per heavy atom. The molecule has 1 atom stereocenters. The van der Waals surface area contributed by atoms with Crippen molar-refractivity contribution in [3.63, 3.8) is 0 Å². The average Bonchev–Trinajstić information content (AvgIpc) is 3.04. The number of sulfonamides is 1. The maximum Gasteiger partial charge on any atom is 0.213 e. The van der Waals surface area contributed by atoms with Gasteiger partial charge in [-0.15, -0.1) is 24.0 Å². The van der Waals surface area contributed by atoms with E-state index in [1.807, 2.05) is 44.2 Å². The fraction of sp³-hybridized carbons (Fsp3) is 0.476. The van der Waals surface area contributed by atoms with Crippen LogP contribution in [0.1, 0.15) is 36.5 Å². The summed E-state index contributed by atoms with van der Waals surface area (Å²) in [4.78, 5) is 4.41. The molecular formula is C21H33IN4O4S. The molecule has 1 aromatic carbocycles. The van der Waals surface area contributed by atoms with E-state index in [0.29, 0.717) is 23.8 Å². The second-order valence-corrected chi connectivity index (χ2v) is 9.27. The van der Waals surface area contributed by atoms with Crippen molar-refractivity contribution in [1.82, 2.24) is 15.4 Å². The van der Waals surface area contributed by atoms with Crippen molar-refractivity contribution in [2.24, 2.45) is 4.99 Å². The van der Waals surface area contributed by atoms with Crippen LogP contribution in [0.15, 0.2) is 45.8 Å². The van der Waals surface area contributed by atoms with E-state index in [1.54, 1.807) is 19.9 Å². The van der Waals surface area contributed by atoms with Crippen LogP contribution >= 0.6 is 24.0 Å². The number of guanidine groups is 1. The Kier molecular flexibility index (Phi) is 11.0. The fourth-order valence-electron chi connectivity index (χ4n) is 2.99. The van der Waals surface area contributed by atoms with Crippen LogP contribution in [0.3, 0.4) is 0 Å². The maximum absolute atomic E-state index is 12.2. The molecule has 0 fully saturated rings. The second kappa shape index (κ2) is 12.4. The standard InChI is InChI=1S/C21H32N4O4S.HI/c1-5-22-20(24-15-21(4,26)19-13-16(2)29-17(19)3)23-11-12-30(27,28)25-14-18-9-7-6-8-10-18;/h6-10,13,25-26H,5,11-12,14-15H2,1-4H3,(H2,22,23,24);1H. The van der Waals surface area contributed by atoms with E-state index >= 15 is 0 Å². The zero-order valence-electron chi connectivity index (χ0n) is 18.4. The highest BCUT2D eigenvalue weighted by atomic mass is 127. The van der Waals surface area contributed by atoms with E-state index in [-0.39, 0.29) is 49.4 Å². The third-order valence-electron chi connectivity index (χ3n) is 4.51. The van der Waals surface area contributed by atoms with Gasteiger partial charge in [0.15, 0.2) is 5.96 Å². The van der Waals surface area contributed by atoms with Crippen LogP contribution in [0.4, 0.5) is 0 Å². The topological polar surface area (TPSA) is 116 Å². The minimum atomic E-state index is -3.44. The van der Waals surface area contributed by atoms with E-state index < -0.39 is 15.6 Å². The highest BCUT2D eigenvalue weighted by molar-refractivity contribution is 14.0. The van der Waals surface area contributed by atoms with E-state index in [1.165, 1.54) is 0 Å². The van der Waals surface area contributed by atoms with Gasteiger partial charge in [0.2, 0.25) is 10.0 Å². The highest BCUT2D eigenvalue weighted by Gasteiger charge is 2.27. The van der Waals surface area contributed by atoms with E-state index in [0.717, 1.165) is 11.3 Å². The van der Waals surface area contributed by atoms with Gasteiger partial charge in [-0.05, 0) is 39.3 Å². The first-order valence-corrected chi connectivity index (χ1v) is 11.6. The lowest BCUT2D eigenvalue weighted by Gasteiger charge is -2.21. The molecule has 1 aromatic heterocycles. The molecule has 1 heterocycles. The van der Waals surface area contributed by atoms with Crippen molar-refractivity contribution in [2.45, 2.75) is 39.8 Å². The van der Waals surface area contributed by atoms with Gasteiger partial charge in [-0.3, -0.25) is 0 Å². The van der Waals surface area contributed by atoms with Gasteiger partial charge in [0.1, 0.15) is 17.1 Å². The summed E-state index contributed by atoms with van der Waals surface area (Å²) in [5.74, 6) is 1.72. The van der Waals surface area contributed by atoms with Crippen LogP contribution in [0.25, 0.3) is 0 Å². The van der Waals surface area contributed by atoms with Crippen molar-refractivity contribution < 1.29 is 17.9 Å². The first kappa shape index (κ1) is 27.4. The molecule has 8 nitrogen and oxygen atoms in total. The predicted molar refractivity (Wildman–Crippen MR) is 134 cm³/mol. The lowest BCUT2D eigenvalue weighted by molar-refractivity contribution is 0.0657. The molecule has 0 aliphatic rings. The van der Waals surface area contributed by atoms with Crippen LogP contribution in [0.5, 0.6) is 0 Å². The number of benzene rings is 1. The zero-order valence-corrected chi connectivity index (χ0v) is 21.6. The van der Waals surface area contributed by atoms with Gasteiger partial charge in [-0.1, -0.05) is 30.3 Å². The summed E-state index contributed by atoms with van der Waals surface area (Å²) in [6.45, 7) is 8.36. The van der Waals surface area contributed by atoms with Gasteiger partial charge in [-0.25, -0.2) is 18.1 Å². The van der Waals surface area contributed by atoms with E-state index in [2.05, 4.69) is 20.3 Å². The molecular weight excluding hydrogens is 531 g/mol. The molecule has 0 aliphatic heterocycles. The van der Waals surface area contributed by atoms with Gasteiger partial charge in [-0.2, -0.15) is 0 Å². The Morgan fingerprint density at radius 1 is 1.19 bits per heavy atom. The molecule has 2 aromatic rings. The van der Waals surface area contributed by atoms with E-state index in [4.69, 9.17) is 4.42 Å². The molecule has 31 heavy (non-hydrogen) atoms. The molecule has 0 amide bonds. The smallest absolute Gasteiger partial charge is 0.213 e. The number of halogens is 1. The molecule has 10 heteroatoms. The number of furan rings is 1. The van der Waals surface area contributed by atoms with Crippen molar-refractivity contribution in [1.29, 1.82) is 0 Å². The third-order valence-corrected chi connectivity index (χ3v) is 5.84. The van der Waals surface area contributed by atoms with Crippen molar-refractivity contribution >= 4 is 40.0 Å². The quantitative estimate of drug-likeness (QED) is 0.200. The molecule has 0 aliphatic carbocycles. The number of aryl methyl sites for hydroxylation is 2. The van der Waals surface area contributed by atoms with Crippen LogP contribution in [-0.2, 0) is 22.2 Å². The molecule has 0 bridgehead atoms. The van der Waals surface area contributed by atoms with Crippen molar-refractivity contribution in [2.75, 3.05) is 25.4 Å². The average molecular weight is 564 g/mol. The molecule has 2 rings (SSSR count). The number of nitrogens with one attached hydrogen (secondary N) is 3. The lowest BCUT2D eigenvalue weighted by atomic mass is 9.96. The minimum absolute atomic E-state index is 0. The number of aliphatic hydroxyl groups is 1. The first-order valence-electron chi connectivity index (χ1n) is 9.96. The SMILES string of the molecule is CCNC(=NCC(C)(O)c1cc(C)oc1C)NCCS(=O)(=O)NCc1ccccc1.I. The Morgan fingerprint density at radius 2 is 1.87 bits per heavy atom. The molecule has 0 saturated heterocycles. The highest BCUT2D eigenvalue weighted by Crippen LogP contribution is 2.27. The lowest BCUT2D eigenvalue weighted by Crippen LogP contribution is -2.42. The zero-order chi connectivity index (χ0) is 22.2. The van der Waals surface area contributed by atoms with Gasteiger partial charge in [0.25, 0.3) is 0 Å². The summed E-state index contributed by atoms with van der Waals surface area (Å²) >= 11 is 0. The summed E-state index contributed by atoms with van der Waals surface area (Å²) < 4.78 is 32.5. The summed E-state index contributed by atoms with van der Waals surface area (Å²) in [6.07, 6.45) is 0. The van der Waals surface area contributed by atoms with Crippen LogP contribution in [-0.4, -0.2) is 44.9 Å². The second-order valence-electron chi connectivity index (χ2n) is 7.35. The Bertz CT molecular complexity index is 944.